The van der Waals surface area contributed by atoms with E-state index in [0.717, 1.165) is 5.56 Å². The number of fused-ring (bicyclic) bond motifs is 4. The molecule has 8 heteroatoms. The molecule has 2 N–H and O–H groups in total. The summed E-state index contributed by atoms with van der Waals surface area (Å²) in [5, 5.41) is 22.7. The molecular weight excluding hydrogens is 404 g/mol. The van der Waals surface area contributed by atoms with Gasteiger partial charge < -0.3 is 38.6 Å². The Morgan fingerprint density at radius 3 is 2.23 bits per heavy atom. The van der Waals surface area contributed by atoms with Crippen molar-refractivity contribution in [1.82, 2.24) is 0 Å². The molecule has 0 radical (unpaired) electrons. The number of benzene rings is 2. The first-order valence-corrected chi connectivity index (χ1v) is 10.0. The van der Waals surface area contributed by atoms with Crippen LogP contribution in [0.1, 0.15) is 31.1 Å². The van der Waals surface area contributed by atoms with Crippen LogP contribution in [0.4, 0.5) is 0 Å². The summed E-state index contributed by atoms with van der Waals surface area (Å²) >= 11 is 0. The number of aliphatic hydroxyl groups is 2. The molecular formula is C23H28O8. The Labute approximate surface area is 181 Å². The van der Waals surface area contributed by atoms with Crippen LogP contribution < -0.4 is 28.4 Å². The van der Waals surface area contributed by atoms with E-state index in [-0.39, 0.29) is 12.7 Å². The molecule has 0 spiro atoms. The third-order valence-electron chi connectivity index (χ3n) is 6.39. The second-order valence-corrected chi connectivity index (χ2v) is 8.02. The Bertz CT molecular complexity index is 1010. The van der Waals surface area contributed by atoms with Crippen LogP contribution in [0.25, 0.3) is 11.1 Å². The average Bonchev–Trinajstić information content (AvgIpc) is 3.23. The maximum absolute atomic E-state index is 11.4. The van der Waals surface area contributed by atoms with Crippen LogP contribution in [0.5, 0.6) is 34.5 Å². The molecule has 168 valence electrons. The van der Waals surface area contributed by atoms with Crippen LogP contribution >= 0.6 is 0 Å². The van der Waals surface area contributed by atoms with Crippen LogP contribution in [-0.2, 0) is 6.42 Å². The van der Waals surface area contributed by atoms with Crippen LogP contribution in [0.2, 0.25) is 0 Å². The van der Waals surface area contributed by atoms with Crippen molar-refractivity contribution in [3.8, 4) is 45.6 Å². The minimum atomic E-state index is -1.43. The fourth-order valence-corrected chi connectivity index (χ4v) is 4.46. The van der Waals surface area contributed by atoms with E-state index in [0.29, 0.717) is 57.6 Å². The summed E-state index contributed by atoms with van der Waals surface area (Å²) in [5.74, 6) is 2.34. The highest BCUT2D eigenvalue weighted by molar-refractivity contribution is 5.89. The smallest absolute Gasteiger partial charge is 0.231 e. The van der Waals surface area contributed by atoms with Gasteiger partial charge in [0.05, 0.1) is 34.0 Å². The number of methoxy groups -OCH3 is 4. The molecule has 1 aliphatic heterocycles. The summed E-state index contributed by atoms with van der Waals surface area (Å²) in [4.78, 5) is 0. The molecule has 4 rings (SSSR count). The van der Waals surface area contributed by atoms with Crippen molar-refractivity contribution in [1.29, 1.82) is 0 Å². The third-order valence-corrected chi connectivity index (χ3v) is 6.39. The van der Waals surface area contributed by atoms with Gasteiger partial charge in [-0.25, -0.2) is 0 Å². The molecule has 0 bridgehead atoms. The number of ether oxygens (including phenoxy) is 6. The molecule has 31 heavy (non-hydrogen) atoms. The molecule has 0 saturated carbocycles. The maximum atomic E-state index is 11.4. The van der Waals surface area contributed by atoms with E-state index in [4.69, 9.17) is 28.4 Å². The standard InChI is InChI=1S/C23H28O8/c1-11-7-12-8-15-19(31-10-30-15)20(28-5)16(12)17-13(22(24)23(11,2)25)9-14(26-3)18(27-4)21(17)29-6/h8-9,11,22,24-25H,7,10H2,1-6H3/t11-,22+,23+/m1/s1. The first-order chi connectivity index (χ1) is 14.8. The average molecular weight is 432 g/mol. The lowest BCUT2D eigenvalue weighted by Crippen LogP contribution is -2.41. The van der Waals surface area contributed by atoms with E-state index < -0.39 is 11.7 Å². The van der Waals surface area contributed by atoms with Gasteiger partial charge in [-0.3, -0.25) is 0 Å². The second kappa shape index (κ2) is 7.69. The molecule has 1 aliphatic carbocycles. The zero-order valence-electron chi connectivity index (χ0n) is 18.6. The third kappa shape index (κ3) is 3.04. The minimum Gasteiger partial charge on any atom is -0.493 e. The van der Waals surface area contributed by atoms with Crippen molar-refractivity contribution in [3.05, 3.63) is 23.3 Å². The molecule has 0 amide bonds. The van der Waals surface area contributed by atoms with Gasteiger partial charge in [0.2, 0.25) is 18.3 Å². The molecule has 0 unspecified atom stereocenters. The van der Waals surface area contributed by atoms with Gasteiger partial charge in [-0.15, -0.1) is 0 Å². The SMILES string of the molecule is COc1cc2c(c(OC)c1OC)-c1c(cc3c(c1OC)OCO3)C[C@@H](C)[C@](C)(O)[C@H]2O. The monoisotopic (exact) mass is 432 g/mol. The van der Waals surface area contributed by atoms with E-state index in [2.05, 4.69) is 0 Å². The first-order valence-electron chi connectivity index (χ1n) is 10.0. The van der Waals surface area contributed by atoms with E-state index in [1.807, 2.05) is 13.0 Å². The van der Waals surface area contributed by atoms with Crippen LogP contribution in [0, 0.1) is 5.92 Å². The Morgan fingerprint density at radius 2 is 1.61 bits per heavy atom. The number of aliphatic hydroxyl groups excluding tert-OH is 1. The van der Waals surface area contributed by atoms with E-state index in [1.165, 1.54) is 21.3 Å². The van der Waals surface area contributed by atoms with Crippen molar-refractivity contribution >= 4 is 0 Å². The molecule has 2 aromatic rings. The Morgan fingerprint density at radius 1 is 0.935 bits per heavy atom. The van der Waals surface area contributed by atoms with Gasteiger partial charge in [0.1, 0.15) is 6.10 Å². The van der Waals surface area contributed by atoms with Crippen molar-refractivity contribution in [2.45, 2.75) is 32.0 Å². The van der Waals surface area contributed by atoms with Gasteiger partial charge in [-0.05, 0) is 42.5 Å². The maximum Gasteiger partial charge on any atom is 0.231 e. The van der Waals surface area contributed by atoms with Crippen molar-refractivity contribution in [2.75, 3.05) is 35.2 Å². The lowest BCUT2D eigenvalue weighted by atomic mass is 9.73. The number of hydrogen-bond acceptors (Lipinski definition) is 8. The summed E-state index contributed by atoms with van der Waals surface area (Å²) in [6.07, 6.45) is -0.766. The van der Waals surface area contributed by atoms with Crippen molar-refractivity contribution in [2.24, 2.45) is 5.92 Å². The van der Waals surface area contributed by atoms with E-state index in [1.54, 1.807) is 20.1 Å². The van der Waals surface area contributed by atoms with Crippen LogP contribution in [0.3, 0.4) is 0 Å². The van der Waals surface area contributed by atoms with Gasteiger partial charge in [0.15, 0.2) is 23.0 Å². The summed E-state index contributed by atoms with van der Waals surface area (Å²) in [6, 6.07) is 3.56. The topological polar surface area (TPSA) is 95.8 Å². The molecule has 0 aromatic heterocycles. The summed E-state index contributed by atoms with van der Waals surface area (Å²) < 4.78 is 34.0. The second-order valence-electron chi connectivity index (χ2n) is 8.02. The molecule has 8 nitrogen and oxygen atoms in total. The minimum absolute atomic E-state index is 0.0837. The Kier molecular flexibility index (Phi) is 5.31. The molecule has 0 fully saturated rings. The van der Waals surface area contributed by atoms with Gasteiger partial charge in [-0.1, -0.05) is 6.92 Å². The van der Waals surface area contributed by atoms with Gasteiger partial charge in [0, 0.05) is 11.1 Å². The summed E-state index contributed by atoms with van der Waals surface area (Å²) in [5.41, 5.74) is 1.11. The zero-order valence-corrected chi connectivity index (χ0v) is 18.6. The van der Waals surface area contributed by atoms with E-state index in [9.17, 15) is 10.2 Å². The highest BCUT2D eigenvalue weighted by Crippen LogP contribution is 2.58. The number of hydrogen-bond donors (Lipinski definition) is 2. The largest absolute Gasteiger partial charge is 0.493 e. The van der Waals surface area contributed by atoms with Crippen LogP contribution in [0.15, 0.2) is 12.1 Å². The predicted molar refractivity (Wildman–Crippen MR) is 113 cm³/mol. The first kappa shape index (κ1) is 21.4. The van der Waals surface area contributed by atoms with E-state index >= 15 is 0 Å². The van der Waals surface area contributed by atoms with Crippen molar-refractivity contribution < 1.29 is 38.6 Å². The van der Waals surface area contributed by atoms with Gasteiger partial charge in [-0.2, -0.15) is 0 Å². The quantitative estimate of drug-likeness (QED) is 0.761. The molecule has 0 saturated heterocycles. The molecule has 3 atom stereocenters. The fourth-order valence-electron chi connectivity index (χ4n) is 4.46. The number of rotatable bonds is 4. The molecule has 2 aliphatic rings. The highest BCUT2D eigenvalue weighted by atomic mass is 16.7. The lowest BCUT2D eigenvalue weighted by Gasteiger charge is -2.39. The molecule has 1 heterocycles. The van der Waals surface area contributed by atoms with Crippen molar-refractivity contribution in [3.63, 3.8) is 0 Å². The Hall–Kier alpha value is -2.84. The lowest BCUT2D eigenvalue weighted by molar-refractivity contribution is -0.0989. The predicted octanol–water partition coefficient (Wildman–Crippen LogP) is 3.09. The zero-order chi connectivity index (χ0) is 22.5. The molecule has 2 aromatic carbocycles. The fraction of sp³-hybridized carbons (Fsp3) is 0.478. The van der Waals surface area contributed by atoms with Crippen LogP contribution in [-0.4, -0.2) is 51.0 Å². The van der Waals surface area contributed by atoms with Gasteiger partial charge in [0.25, 0.3) is 0 Å². The summed E-state index contributed by atoms with van der Waals surface area (Å²) in [6.45, 7) is 3.61. The highest BCUT2D eigenvalue weighted by Gasteiger charge is 2.44. The Balaban J connectivity index is 2.19. The van der Waals surface area contributed by atoms with Gasteiger partial charge >= 0.3 is 0 Å². The normalized spacial score (nSPS) is 23.9. The summed E-state index contributed by atoms with van der Waals surface area (Å²) in [7, 11) is 6.09.